The zero-order valence-electron chi connectivity index (χ0n) is 15.6. The van der Waals surface area contributed by atoms with Crippen LogP contribution >= 0.6 is 27.5 Å². The predicted molar refractivity (Wildman–Crippen MR) is 119 cm³/mol. The van der Waals surface area contributed by atoms with Crippen molar-refractivity contribution in [2.24, 2.45) is 0 Å². The second kappa shape index (κ2) is 7.55. The van der Waals surface area contributed by atoms with E-state index in [2.05, 4.69) is 20.7 Å². The topological polar surface area (TPSA) is 64.6 Å². The summed E-state index contributed by atoms with van der Waals surface area (Å²) >= 11 is 9.70. The molecule has 0 aliphatic carbocycles. The van der Waals surface area contributed by atoms with Gasteiger partial charge in [0.15, 0.2) is 0 Å². The van der Waals surface area contributed by atoms with Gasteiger partial charge in [-0.15, -0.1) is 0 Å². The van der Waals surface area contributed by atoms with E-state index in [1.165, 1.54) is 0 Å². The number of halogens is 2. The minimum Gasteiger partial charge on any atom is -0.496 e. The van der Waals surface area contributed by atoms with Gasteiger partial charge in [-0.2, -0.15) is 0 Å². The molecule has 1 N–H and O–H groups in total. The quantitative estimate of drug-likeness (QED) is 0.510. The minimum absolute atomic E-state index is 0.460. The fourth-order valence-electron chi connectivity index (χ4n) is 3.47. The van der Waals surface area contributed by atoms with E-state index in [9.17, 15) is 8.42 Å². The zero-order chi connectivity index (χ0) is 20.8. The van der Waals surface area contributed by atoms with Crippen LogP contribution in [0.25, 0.3) is 11.1 Å². The fourth-order valence-corrected chi connectivity index (χ4v) is 4.64. The molecule has 3 aromatic carbocycles. The van der Waals surface area contributed by atoms with E-state index in [0.717, 1.165) is 33.0 Å². The van der Waals surface area contributed by atoms with Crippen molar-refractivity contribution in [3.05, 3.63) is 75.2 Å². The summed E-state index contributed by atoms with van der Waals surface area (Å²) in [5.41, 5.74) is 3.85. The van der Waals surface area contributed by atoms with Crippen molar-refractivity contribution in [1.29, 1.82) is 0 Å². The Balaban J connectivity index is 1.95. The lowest BCUT2D eigenvalue weighted by Gasteiger charge is -2.31. The Labute approximate surface area is 182 Å². The zero-order valence-corrected chi connectivity index (χ0v) is 18.7. The molecule has 3 aromatic rings. The largest absolute Gasteiger partial charge is 0.496 e. The Hall–Kier alpha value is -2.22. The number of ether oxygens (including phenoxy) is 2. The lowest BCUT2D eigenvalue weighted by Crippen LogP contribution is -2.17. The molecule has 0 fully saturated rings. The first kappa shape index (κ1) is 20.1. The van der Waals surface area contributed by atoms with Crippen LogP contribution in [0.2, 0.25) is 5.02 Å². The van der Waals surface area contributed by atoms with Crippen molar-refractivity contribution in [2.45, 2.75) is 6.10 Å². The molecule has 150 valence electrons. The highest BCUT2D eigenvalue weighted by Gasteiger charge is 2.30. The van der Waals surface area contributed by atoms with Crippen LogP contribution in [-0.2, 0) is 10.0 Å². The van der Waals surface area contributed by atoms with E-state index in [0.29, 0.717) is 22.2 Å². The Morgan fingerprint density at radius 1 is 1.14 bits per heavy atom. The molecule has 0 spiro atoms. The standard InChI is InChI=1S/C21H17BrClNO4S/c1-27-18-9-13(22)10-19-20(18)16-7-6-15(24-29(2,25)26)11-17(16)21(28-19)12-4-3-5-14(23)8-12/h3-11,21,24H,1-2H3. The number of anilines is 1. The van der Waals surface area contributed by atoms with Crippen molar-refractivity contribution in [3.8, 4) is 22.6 Å². The highest BCUT2D eigenvalue weighted by Crippen LogP contribution is 2.50. The van der Waals surface area contributed by atoms with Gasteiger partial charge >= 0.3 is 0 Å². The minimum atomic E-state index is -3.41. The lowest BCUT2D eigenvalue weighted by molar-refractivity contribution is 0.242. The number of hydrogen-bond acceptors (Lipinski definition) is 4. The molecule has 0 amide bonds. The summed E-state index contributed by atoms with van der Waals surface area (Å²) in [6, 6.07) is 16.6. The summed E-state index contributed by atoms with van der Waals surface area (Å²) in [4.78, 5) is 0. The van der Waals surface area contributed by atoms with Gasteiger partial charge in [-0.1, -0.05) is 45.7 Å². The van der Waals surface area contributed by atoms with E-state index in [1.54, 1.807) is 25.3 Å². The lowest BCUT2D eigenvalue weighted by atomic mass is 9.89. The first-order valence-corrected chi connectivity index (χ1v) is 11.7. The van der Waals surface area contributed by atoms with Crippen LogP contribution in [0, 0.1) is 0 Å². The van der Waals surface area contributed by atoms with E-state index < -0.39 is 16.1 Å². The van der Waals surface area contributed by atoms with Gasteiger partial charge < -0.3 is 9.47 Å². The van der Waals surface area contributed by atoms with Gasteiger partial charge in [-0.3, -0.25) is 4.72 Å². The Bertz CT molecular complexity index is 1210. The Morgan fingerprint density at radius 2 is 1.93 bits per heavy atom. The van der Waals surface area contributed by atoms with E-state index in [4.69, 9.17) is 21.1 Å². The highest BCUT2D eigenvalue weighted by molar-refractivity contribution is 9.10. The number of nitrogens with one attached hydrogen (secondary N) is 1. The van der Waals surface area contributed by atoms with Gasteiger partial charge in [0, 0.05) is 20.7 Å². The third-order valence-corrected chi connectivity index (χ3v) is 5.85. The molecule has 0 saturated heterocycles. The molecule has 8 heteroatoms. The van der Waals surface area contributed by atoms with Crippen LogP contribution in [0.15, 0.2) is 59.1 Å². The molecule has 1 heterocycles. The smallest absolute Gasteiger partial charge is 0.229 e. The maximum Gasteiger partial charge on any atom is 0.229 e. The van der Waals surface area contributed by atoms with E-state index >= 15 is 0 Å². The van der Waals surface area contributed by atoms with Crippen molar-refractivity contribution in [1.82, 2.24) is 0 Å². The van der Waals surface area contributed by atoms with Gasteiger partial charge in [0.1, 0.15) is 17.6 Å². The summed E-state index contributed by atoms with van der Waals surface area (Å²) < 4.78 is 38.7. The SMILES string of the molecule is COc1cc(Br)cc2c1-c1ccc(NS(C)(=O)=O)cc1C(c1cccc(Cl)c1)O2. The summed E-state index contributed by atoms with van der Waals surface area (Å²) in [6.07, 6.45) is 0.657. The molecular formula is C21H17BrClNO4S. The van der Waals surface area contributed by atoms with Crippen molar-refractivity contribution < 1.29 is 17.9 Å². The molecular weight excluding hydrogens is 478 g/mol. The van der Waals surface area contributed by atoms with Gasteiger partial charge in [0.05, 0.1) is 18.9 Å². The van der Waals surface area contributed by atoms with Crippen molar-refractivity contribution in [2.75, 3.05) is 18.1 Å². The highest BCUT2D eigenvalue weighted by atomic mass is 79.9. The van der Waals surface area contributed by atoms with Crippen LogP contribution in [-0.4, -0.2) is 21.8 Å². The van der Waals surface area contributed by atoms with E-state index in [1.807, 2.05) is 36.4 Å². The molecule has 1 unspecified atom stereocenters. The molecule has 1 aliphatic heterocycles. The molecule has 29 heavy (non-hydrogen) atoms. The van der Waals surface area contributed by atoms with Crippen LogP contribution < -0.4 is 14.2 Å². The molecule has 0 saturated carbocycles. The number of rotatable bonds is 4. The normalized spacial score (nSPS) is 15.1. The van der Waals surface area contributed by atoms with Crippen LogP contribution in [0.4, 0.5) is 5.69 Å². The molecule has 1 aliphatic rings. The van der Waals surface area contributed by atoms with Gasteiger partial charge in [0.25, 0.3) is 0 Å². The molecule has 5 nitrogen and oxygen atoms in total. The summed E-state index contributed by atoms with van der Waals surface area (Å²) in [6.45, 7) is 0. The predicted octanol–water partition coefficient (Wildman–Crippen LogP) is 5.63. The molecule has 0 radical (unpaired) electrons. The fraction of sp³-hybridized carbons (Fsp3) is 0.143. The third-order valence-electron chi connectivity index (χ3n) is 4.55. The summed E-state index contributed by atoms with van der Waals surface area (Å²) in [5.74, 6) is 1.32. The Kier molecular flexibility index (Phi) is 5.23. The number of benzene rings is 3. The average molecular weight is 495 g/mol. The van der Waals surface area contributed by atoms with Gasteiger partial charge in [0.2, 0.25) is 10.0 Å². The first-order valence-electron chi connectivity index (χ1n) is 8.67. The molecule has 0 bridgehead atoms. The van der Waals surface area contributed by atoms with Gasteiger partial charge in [-0.05, 0) is 47.5 Å². The maximum atomic E-state index is 11.7. The molecule has 4 rings (SSSR count). The summed E-state index contributed by atoms with van der Waals surface area (Å²) in [5, 5.41) is 0.593. The van der Waals surface area contributed by atoms with Crippen LogP contribution in [0.1, 0.15) is 17.2 Å². The van der Waals surface area contributed by atoms with Crippen molar-refractivity contribution in [3.63, 3.8) is 0 Å². The maximum absolute atomic E-state index is 11.7. The monoisotopic (exact) mass is 493 g/mol. The average Bonchev–Trinajstić information content (AvgIpc) is 2.65. The number of hydrogen-bond donors (Lipinski definition) is 1. The second-order valence-electron chi connectivity index (χ2n) is 6.71. The van der Waals surface area contributed by atoms with Crippen molar-refractivity contribution >= 4 is 43.2 Å². The molecule has 0 aromatic heterocycles. The number of fused-ring (bicyclic) bond motifs is 3. The Morgan fingerprint density at radius 3 is 2.62 bits per heavy atom. The van der Waals surface area contributed by atoms with Gasteiger partial charge in [-0.25, -0.2) is 8.42 Å². The number of sulfonamides is 1. The second-order valence-corrected chi connectivity index (χ2v) is 9.81. The molecule has 1 atom stereocenters. The van der Waals surface area contributed by atoms with Crippen LogP contribution in [0.5, 0.6) is 11.5 Å². The van der Waals surface area contributed by atoms with E-state index in [-0.39, 0.29) is 0 Å². The summed E-state index contributed by atoms with van der Waals surface area (Å²) in [7, 11) is -1.81. The third kappa shape index (κ3) is 4.08. The number of methoxy groups -OCH3 is 1. The van der Waals surface area contributed by atoms with Crippen LogP contribution in [0.3, 0.4) is 0 Å². The first-order chi connectivity index (χ1) is 13.7.